The molecule has 0 bridgehead atoms. The minimum absolute atomic E-state index is 0.726. The van der Waals surface area contributed by atoms with Gasteiger partial charge in [-0.25, -0.2) is 19.9 Å². The van der Waals surface area contributed by atoms with Crippen LogP contribution in [-0.4, -0.2) is 28.7 Å². The number of para-hydroxylation sites is 4. The smallest absolute Gasteiger partial charge is 0.150 e. The van der Waals surface area contributed by atoms with E-state index >= 15 is 0 Å². The molecule has 212 valence electrons. The molecule has 0 fully saturated rings. The summed E-state index contributed by atoms with van der Waals surface area (Å²) in [7, 11) is 0. The van der Waals surface area contributed by atoms with Crippen LogP contribution in [0.4, 0.5) is 0 Å². The van der Waals surface area contributed by atoms with E-state index in [2.05, 4.69) is 93.3 Å². The van der Waals surface area contributed by atoms with E-state index in [1.54, 1.807) is 6.33 Å². The average Bonchev–Trinajstić information content (AvgIpc) is 3.66. The van der Waals surface area contributed by atoms with E-state index in [4.69, 9.17) is 14.7 Å². The Labute approximate surface area is 256 Å². The van der Waals surface area contributed by atoms with Crippen molar-refractivity contribution in [1.29, 1.82) is 0 Å². The Balaban J connectivity index is 1.20. The average molecular weight is 581 g/mol. The Bertz CT molecular complexity index is 2880. The van der Waals surface area contributed by atoms with Gasteiger partial charge in [0.05, 0.1) is 27.6 Å². The lowest BCUT2D eigenvalue weighted by molar-refractivity contribution is 0.484. The van der Waals surface area contributed by atoms with Gasteiger partial charge in [0.25, 0.3) is 0 Å². The first-order valence-electron chi connectivity index (χ1n) is 15.0. The molecule has 0 amide bonds. The molecule has 10 rings (SSSR count). The molecule has 0 aliphatic carbocycles. The van der Waals surface area contributed by atoms with Crippen LogP contribution >= 0.6 is 0 Å². The van der Waals surface area contributed by atoms with Crippen molar-refractivity contribution >= 4 is 76.8 Å². The van der Waals surface area contributed by atoms with Crippen LogP contribution in [0.5, 0.6) is 11.5 Å². The highest BCUT2D eigenvalue weighted by molar-refractivity contribution is 6.15. The predicted molar refractivity (Wildman–Crippen MR) is 181 cm³/mol. The molecule has 45 heavy (non-hydrogen) atoms. The van der Waals surface area contributed by atoms with Gasteiger partial charge in [-0.1, -0.05) is 24.3 Å². The number of nitrogens with zero attached hydrogens (tertiary/aromatic N) is 6. The molecule has 5 heterocycles. The second-order valence-electron chi connectivity index (χ2n) is 11.7. The number of benzene rings is 5. The third-order valence-electron chi connectivity index (χ3n) is 9.16. The Morgan fingerprint density at radius 2 is 1.11 bits per heavy atom. The van der Waals surface area contributed by atoms with E-state index < -0.39 is 0 Å². The molecule has 5 aromatic carbocycles. The SMILES string of the molecule is Cc1cc2c3ccc(Oc4ccc5c6cncnc6n6c7ccccc7nc6c5c4)cc3c3nc4ccccc4n3c2cc1C. The highest BCUT2D eigenvalue weighted by atomic mass is 16.5. The summed E-state index contributed by atoms with van der Waals surface area (Å²) in [4.78, 5) is 19.1. The first kappa shape index (κ1) is 24.4. The molecule has 0 atom stereocenters. The zero-order valence-electron chi connectivity index (χ0n) is 24.5. The normalized spacial score (nSPS) is 12.2. The molecule has 7 heteroatoms. The van der Waals surface area contributed by atoms with Crippen molar-refractivity contribution in [3.8, 4) is 11.5 Å². The van der Waals surface area contributed by atoms with Gasteiger partial charge >= 0.3 is 0 Å². The zero-order chi connectivity index (χ0) is 29.8. The van der Waals surface area contributed by atoms with Crippen LogP contribution < -0.4 is 4.74 Å². The maximum absolute atomic E-state index is 6.60. The van der Waals surface area contributed by atoms with Crippen molar-refractivity contribution in [2.45, 2.75) is 13.8 Å². The lowest BCUT2D eigenvalue weighted by Crippen LogP contribution is -1.96. The lowest BCUT2D eigenvalue weighted by Gasteiger charge is -2.14. The molecule has 0 aliphatic heterocycles. The highest BCUT2D eigenvalue weighted by Crippen LogP contribution is 2.38. The van der Waals surface area contributed by atoms with Gasteiger partial charge in [-0.15, -0.1) is 0 Å². The molecule has 0 unspecified atom stereocenters. The number of hydrogen-bond acceptors (Lipinski definition) is 5. The summed E-state index contributed by atoms with van der Waals surface area (Å²) < 4.78 is 11.0. The minimum atomic E-state index is 0.726. The Hall–Kier alpha value is -6.08. The number of fused-ring (bicyclic) bond motifs is 16. The summed E-state index contributed by atoms with van der Waals surface area (Å²) >= 11 is 0. The predicted octanol–water partition coefficient (Wildman–Crippen LogP) is 9.10. The molecule has 10 aromatic rings. The number of ether oxygens (including phenoxy) is 1. The summed E-state index contributed by atoms with van der Waals surface area (Å²) in [5.41, 5.74) is 10.3. The van der Waals surface area contributed by atoms with Crippen molar-refractivity contribution in [1.82, 2.24) is 28.7 Å². The minimum Gasteiger partial charge on any atom is -0.457 e. The quantitative estimate of drug-likeness (QED) is 0.191. The fraction of sp³-hybridized carbons (Fsp3) is 0.0526. The van der Waals surface area contributed by atoms with E-state index in [0.29, 0.717) is 0 Å². The number of aromatic nitrogens is 6. The van der Waals surface area contributed by atoms with Crippen LogP contribution in [0.2, 0.25) is 0 Å². The molecule has 0 saturated heterocycles. The Morgan fingerprint density at radius 3 is 1.82 bits per heavy atom. The van der Waals surface area contributed by atoms with Crippen LogP contribution in [0.25, 0.3) is 76.8 Å². The standard InChI is InChI=1S/C38H24N6O/c1-21-15-27-25-13-11-23(17-28(25)37-41-31-7-3-5-9-33(31)43(37)35(27)16-22(21)2)45-24-12-14-26-29(18-24)38-42-32-8-4-6-10-34(32)44(38)36-30(26)19-39-20-40-36/h3-20H,1-2H3. The molecule has 0 N–H and O–H groups in total. The van der Waals surface area contributed by atoms with Gasteiger partial charge in [-0.2, -0.15) is 0 Å². The van der Waals surface area contributed by atoms with Gasteiger partial charge in [-0.05, 0) is 109 Å². The van der Waals surface area contributed by atoms with Gasteiger partial charge in [0, 0.05) is 27.7 Å². The maximum atomic E-state index is 6.60. The molecule has 0 radical (unpaired) electrons. The van der Waals surface area contributed by atoms with Crippen LogP contribution in [0, 0.1) is 13.8 Å². The Morgan fingerprint density at radius 1 is 0.511 bits per heavy atom. The highest BCUT2D eigenvalue weighted by Gasteiger charge is 2.17. The van der Waals surface area contributed by atoms with Crippen molar-refractivity contribution in [3.05, 3.63) is 121 Å². The fourth-order valence-corrected chi connectivity index (χ4v) is 6.91. The number of pyridine rings is 2. The van der Waals surface area contributed by atoms with Crippen molar-refractivity contribution in [3.63, 3.8) is 0 Å². The molecule has 5 aromatic heterocycles. The number of rotatable bonds is 2. The Kier molecular flexibility index (Phi) is 4.73. The summed E-state index contributed by atoms with van der Waals surface area (Å²) in [5, 5.41) is 6.37. The van der Waals surface area contributed by atoms with Gasteiger partial charge in [0.2, 0.25) is 0 Å². The van der Waals surface area contributed by atoms with E-state index in [-0.39, 0.29) is 0 Å². The second-order valence-corrected chi connectivity index (χ2v) is 11.7. The van der Waals surface area contributed by atoms with Crippen LogP contribution in [0.15, 0.2) is 110 Å². The fourth-order valence-electron chi connectivity index (χ4n) is 6.91. The van der Waals surface area contributed by atoms with Gasteiger partial charge in [0.15, 0.2) is 0 Å². The lowest BCUT2D eigenvalue weighted by atomic mass is 10.0. The zero-order valence-corrected chi connectivity index (χ0v) is 24.5. The van der Waals surface area contributed by atoms with E-state index in [1.165, 1.54) is 16.5 Å². The van der Waals surface area contributed by atoms with E-state index in [0.717, 1.165) is 83.0 Å². The van der Waals surface area contributed by atoms with E-state index in [9.17, 15) is 0 Å². The monoisotopic (exact) mass is 580 g/mol. The molecule has 0 aliphatic rings. The number of imidazole rings is 2. The third-order valence-corrected chi connectivity index (χ3v) is 9.16. The largest absolute Gasteiger partial charge is 0.457 e. The van der Waals surface area contributed by atoms with Crippen molar-refractivity contribution in [2.75, 3.05) is 0 Å². The van der Waals surface area contributed by atoms with Crippen molar-refractivity contribution < 1.29 is 4.74 Å². The number of aryl methyl sites for hydroxylation is 2. The van der Waals surface area contributed by atoms with Crippen LogP contribution in [0.3, 0.4) is 0 Å². The summed E-state index contributed by atoms with van der Waals surface area (Å²) in [5.74, 6) is 1.47. The van der Waals surface area contributed by atoms with E-state index in [1.807, 2.05) is 42.6 Å². The third kappa shape index (κ3) is 3.35. The number of hydrogen-bond donors (Lipinski definition) is 0. The molecule has 0 saturated carbocycles. The topological polar surface area (TPSA) is 69.6 Å². The molecular formula is C38H24N6O. The van der Waals surface area contributed by atoms with Gasteiger partial charge in [0.1, 0.15) is 34.8 Å². The maximum Gasteiger partial charge on any atom is 0.150 e. The second kappa shape index (κ2) is 8.74. The van der Waals surface area contributed by atoms with Crippen molar-refractivity contribution in [2.24, 2.45) is 0 Å². The molecule has 0 spiro atoms. The first-order valence-corrected chi connectivity index (χ1v) is 15.0. The van der Waals surface area contributed by atoms with Gasteiger partial charge < -0.3 is 4.74 Å². The summed E-state index contributed by atoms with van der Waals surface area (Å²) in [6, 6.07) is 33.5. The first-order chi connectivity index (χ1) is 22.1. The molecule has 7 nitrogen and oxygen atoms in total. The summed E-state index contributed by atoms with van der Waals surface area (Å²) in [6.07, 6.45) is 3.46. The summed E-state index contributed by atoms with van der Waals surface area (Å²) in [6.45, 7) is 4.34. The van der Waals surface area contributed by atoms with Crippen LogP contribution in [-0.2, 0) is 0 Å². The van der Waals surface area contributed by atoms with Crippen LogP contribution in [0.1, 0.15) is 11.1 Å². The molecular weight excluding hydrogens is 556 g/mol. The van der Waals surface area contributed by atoms with Gasteiger partial charge in [-0.3, -0.25) is 8.80 Å².